The fourth-order valence-corrected chi connectivity index (χ4v) is 0.859. The van der Waals surface area contributed by atoms with Gasteiger partial charge in [-0.2, -0.15) is 5.10 Å². The molecule has 0 spiro atoms. The normalized spacial score (nSPS) is 11.5. The van der Waals surface area contributed by atoms with Gasteiger partial charge in [0, 0.05) is 0 Å². The predicted octanol–water partition coefficient (Wildman–Crippen LogP) is 1.63. The SMILES string of the molecule is C=C(CC(C)C)C(C)=NNC(N)=O. The van der Waals surface area contributed by atoms with Gasteiger partial charge in [0.2, 0.25) is 0 Å². The Bertz CT molecular complexity index is 231. The first-order valence-electron chi connectivity index (χ1n) is 4.21. The van der Waals surface area contributed by atoms with Crippen molar-refractivity contribution in [3.63, 3.8) is 0 Å². The lowest BCUT2D eigenvalue weighted by Crippen LogP contribution is -2.25. The minimum absolute atomic E-state index is 0.534. The Morgan fingerprint density at radius 2 is 2.15 bits per heavy atom. The van der Waals surface area contributed by atoms with Crippen LogP contribution in [0.2, 0.25) is 0 Å². The van der Waals surface area contributed by atoms with E-state index in [1.807, 2.05) is 0 Å². The van der Waals surface area contributed by atoms with Crippen molar-refractivity contribution in [1.29, 1.82) is 0 Å². The monoisotopic (exact) mass is 183 g/mol. The number of primary amides is 1. The lowest BCUT2D eigenvalue weighted by Gasteiger charge is -2.07. The van der Waals surface area contributed by atoms with E-state index in [9.17, 15) is 4.79 Å². The average molecular weight is 183 g/mol. The van der Waals surface area contributed by atoms with Gasteiger partial charge in [0.05, 0.1) is 5.71 Å². The van der Waals surface area contributed by atoms with Crippen LogP contribution in [-0.4, -0.2) is 11.7 Å². The summed E-state index contributed by atoms with van der Waals surface area (Å²) in [5.41, 5.74) is 8.66. The van der Waals surface area contributed by atoms with Gasteiger partial charge in [-0.3, -0.25) is 0 Å². The molecule has 0 rings (SSSR count). The highest BCUT2D eigenvalue weighted by Crippen LogP contribution is 2.09. The summed E-state index contributed by atoms with van der Waals surface area (Å²) < 4.78 is 0. The molecule has 0 radical (unpaired) electrons. The van der Waals surface area contributed by atoms with Crippen molar-refractivity contribution in [2.75, 3.05) is 0 Å². The molecule has 0 aliphatic rings. The van der Waals surface area contributed by atoms with Gasteiger partial charge < -0.3 is 5.73 Å². The first-order chi connectivity index (χ1) is 5.93. The molecule has 0 aromatic heterocycles. The molecule has 74 valence electrons. The van der Waals surface area contributed by atoms with Crippen LogP contribution in [0.25, 0.3) is 0 Å². The summed E-state index contributed by atoms with van der Waals surface area (Å²) in [6.45, 7) is 9.84. The molecule has 0 aliphatic carbocycles. The number of carbonyl (C=O) groups excluding carboxylic acids is 1. The van der Waals surface area contributed by atoms with Crippen LogP contribution in [0.5, 0.6) is 0 Å². The molecule has 0 bridgehead atoms. The summed E-state index contributed by atoms with van der Waals surface area (Å²) in [5, 5.41) is 3.77. The number of amides is 2. The lowest BCUT2D eigenvalue weighted by molar-refractivity contribution is 0.249. The lowest BCUT2D eigenvalue weighted by atomic mass is 10.0. The fraction of sp³-hybridized carbons (Fsp3) is 0.556. The predicted molar refractivity (Wildman–Crippen MR) is 54.4 cm³/mol. The van der Waals surface area contributed by atoms with E-state index < -0.39 is 6.03 Å². The van der Waals surface area contributed by atoms with E-state index in [4.69, 9.17) is 5.73 Å². The molecule has 0 atom stereocenters. The number of allylic oxidation sites excluding steroid dienone is 1. The summed E-state index contributed by atoms with van der Waals surface area (Å²) >= 11 is 0. The second kappa shape index (κ2) is 5.35. The van der Waals surface area contributed by atoms with Gasteiger partial charge in [0.15, 0.2) is 0 Å². The zero-order chi connectivity index (χ0) is 10.4. The van der Waals surface area contributed by atoms with Crippen molar-refractivity contribution in [3.05, 3.63) is 12.2 Å². The van der Waals surface area contributed by atoms with E-state index in [-0.39, 0.29) is 0 Å². The molecule has 0 aromatic rings. The number of nitrogens with zero attached hydrogens (tertiary/aromatic N) is 1. The minimum atomic E-state index is -0.656. The number of hydrogen-bond donors (Lipinski definition) is 2. The molecule has 4 nitrogen and oxygen atoms in total. The van der Waals surface area contributed by atoms with Gasteiger partial charge in [-0.25, -0.2) is 10.2 Å². The zero-order valence-electron chi connectivity index (χ0n) is 8.42. The summed E-state index contributed by atoms with van der Waals surface area (Å²) in [7, 11) is 0. The first kappa shape index (κ1) is 11.7. The molecule has 4 heteroatoms. The summed E-state index contributed by atoms with van der Waals surface area (Å²) in [6, 6.07) is -0.656. The third-order valence-corrected chi connectivity index (χ3v) is 1.50. The van der Waals surface area contributed by atoms with E-state index in [1.54, 1.807) is 6.92 Å². The number of hydrogen-bond acceptors (Lipinski definition) is 2. The van der Waals surface area contributed by atoms with Gasteiger partial charge >= 0.3 is 6.03 Å². The van der Waals surface area contributed by atoms with E-state index in [1.165, 1.54) is 0 Å². The number of hydrazone groups is 1. The molecule has 0 saturated heterocycles. The van der Waals surface area contributed by atoms with E-state index in [2.05, 4.69) is 31.0 Å². The molecule has 2 amide bonds. The van der Waals surface area contributed by atoms with Gasteiger partial charge in [-0.1, -0.05) is 20.4 Å². The van der Waals surface area contributed by atoms with Gasteiger partial charge in [-0.05, 0) is 24.8 Å². The third-order valence-electron chi connectivity index (χ3n) is 1.50. The molecule has 0 fully saturated rings. The summed E-state index contributed by atoms with van der Waals surface area (Å²) in [5.74, 6) is 0.534. The Balaban J connectivity index is 4.09. The van der Waals surface area contributed by atoms with Crippen LogP contribution in [0.3, 0.4) is 0 Å². The van der Waals surface area contributed by atoms with Crippen molar-refractivity contribution in [1.82, 2.24) is 5.43 Å². The van der Waals surface area contributed by atoms with Crippen molar-refractivity contribution >= 4 is 11.7 Å². The molecule has 0 heterocycles. The molecule has 3 N–H and O–H groups in total. The van der Waals surface area contributed by atoms with E-state index in [0.717, 1.165) is 12.0 Å². The summed E-state index contributed by atoms with van der Waals surface area (Å²) in [6.07, 6.45) is 0.871. The van der Waals surface area contributed by atoms with Gasteiger partial charge in [-0.15, -0.1) is 0 Å². The second-order valence-corrected chi connectivity index (χ2v) is 3.37. The maximum atomic E-state index is 10.3. The topological polar surface area (TPSA) is 67.5 Å². The van der Waals surface area contributed by atoms with Crippen LogP contribution in [-0.2, 0) is 0 Å². The Kier molecular flexibility index (Phi) is 4.80. The van der Waals surface area contributed by atoms with Crippen LogP contribution in [0.4, 0.5) is 4.79 Å². The Morgan fingerprint density at radius 3 is 2.54 bits per heavy atom. The van der Waals surface area contributed by atoms with E-state index >= 15 is 0 Å². The highest BCUT2D eigenvalue weighted by Gasteiger charge is 2.02. The fourth-order valence-electron chi connectivity index (χ4n) is 0.859. The number of carbonyl (C=O) groups is 1. The van der Waals surface area contributed by atoms with E-state index in [0.29, 0.717) is 11.6 Å². The number of rotatable bonds is 4. The zero-order valence-corrected chi connectivity index (χ0v) is 8.42. The van der Waals surface area contributed by atoms with Gasteiger partial charge in [0.1, 0.15) is 0 Å². The number of nitrogens with one attached hydrogen (secondary N) is 1. The Labute approximate surface area is 78.9 Å². The van der Waals surface area contributed by atoms with Gasteiger partial charge in [0.25, 0.3) is 0 Å². The van der Waals surface area contributed by atoms with Crippen LogP contribution >= 0.6 is 0 Å². The number of urea groups is 1. The minimum Gasteiger partial charge on any atom is -0.350 e. The maximum Gasteiger partial charge on any atom is 0.332 e. The molecule has 0 aliphatic heterocycles. The Hall–Kier alpha value is -1.32. The smallest absolute Gasteiger partial charge is 0.332 e. The van der Waals surface area contributed by atoms with Crippen molar-refractivity contribution in [2.24, 2.45) is 16.8 Å². The highest BCUT2D eigenvalue weighted by molar-refractivity contribution is 5.98. The molecule has 13 heavy (non-hydrogen) atoms. The largest absolute Gasteiger partial charge is 0.350 e. The van der Waals surface area contributed by atoms with Crippen LogP contribution < -0.4 is 11.2 Å². The van der Waals surface area contributed by atoms with Crippen molar-refractivity contribution in [2.45, 2.75) is 27.2 Å². The second-order valence-electron chi connectivity index (χ2n) is 3.37. The molecular formula is C9H17N3O. The first-order valence-corrected chi connectivity index (χ1v) is 4.21. The standard InChI is InChI=1S/C9H17N3O/c1-6(2)5-7(3)8(4)11-12-9(10)13/h6H,3,5H2,1-2,4H3,(H3,10,12,13). The van der Waals surface area contributed by atoms with Crippen molar-refractivity contribution in [3.8, 4) is 0 Å². The quantitative estimate of drug-likeness (QED) is 0.505. The third kappa shape index (κ3) is 5.90. The molecule has 0 unspecified atom stereocenters. The summed E-state index contributed by atoms with van der Waals surface area (Å²) in [4.78, 5) is 10.3. The Morgan fingerprint density at radius 1 is 1.62 bits per heavy atom. The van der Waals surface area contributed by atoms with Crippen LogP contribution in [0.1, 0.15) is 27.2 Å². The van der Waals surface area contributed by atoms with Crippen molar-refractivity contribution < 1.29 is 4.79 Å². The average Bonchev–Trinajstić information content (AvgIpc) is 1.98. The highest BCUT2D eigenvalue weighted by atomic mass is 16.2. The molecular weight excluding hydrogens is 166 g/mol. The molecule has 0 saturated carbocycles. The number of nitrogens with two attached hydrogens (primary N) is 1. The van der Waals surface area contributed by atoms with Crippen LogP contribution in [0.15, 0.2) is 17.3 Å². The van der Waals surface area contributed by atoms with Crippen LogP contribution in [0, 0.1) is 5.92 Å². The molecule has 0 aromatic carbocycles. The maximum absolute atomic E-state index is 10.3.